The van der Waals surface area contributed by atoms with Crippen LogP contribution in [0.1, 0.15) is 32.1 Å². The van der Waals surface area contributed by atoms with Crippen LogP contribution in [0.3, 0.4) is 0 Å². The van der Waals surface area contributed by atoms with Crippen LogP contribution in [0, 0.1) is 0 Å². The predicted octanol–water partition coefficient (Wildman–Crippen LogP) is -15.1. The Balaban J connectivity index is 1.07. The molecule has 8 saturated heterocycles. The molecule has 97 heavy (non-hydrogen) atoms. The Morgan fingerprint density at radius 1 is 0.258 bits per heavy atom. The number of rotatable bonds is 29. The van der Waals surface area contributed by atoms with E-state index in [1.54, 1.807) is 0 Å². The highest BCUT2D eigenvalue weighted by atomic mass is 16.8. The minimum atomic E-state index is -2.26. The van der Waals surface area contributed by atoms with Crippen molar-refractivity contribution in [3.8, 4) is 0 Å². The quantitative estimate of drug-likeness (QED) is 0.0143. The van der Waals surface area contributed by atoms with Gasteiger partial charge in [-0.25, -0.2) is 0 Å². The van der Waals surface area contributed by atoms with E-state index in [0.717, 1.165) is 0 Å². The number of aliphatic hydroxyl groups excluding tert-OH is 25. The van der Waals surface area contributed by atoms with Crippen molar-refractivity contribution in [2.45, 2.75) is 278 Å². The van der Waals surface area contributed by atoms with E-state index in [0.29, 0.717) is 19.3 Å². The Hall–Kier alpha value is -2.29. The number of nitrogens with zero attached hydrogens (tertiary/aromatic N) is 3. The summed E-state index contributed by atoms with van der Waals surface area (Å²) in [4.78, 5) is 2.72. The van der Waals surface area contributed by atoms with Gasteiger partial charge < -0.3 is 199 Å². The SMILES string of the molecule is [N-]=[N+]=NCCCCCCC1OC(COC2OC(COC3OC(CO)C(O)C(O)C3OC3OC(CO)C(O)C(O)C3O)C(O)C(OC3OC(CO)C(O)C(O)C3O)C2O)C(O)C(OC2OC(CO)C(O)C(O)C2OC2OC(CO)C(O)C(O)C2OC2OC(CO)C(O)C(O)C2O)C1O. The zero-order valence-corrected chi connectivity index (χ0v) is 51.6. The molecule has 43 nitrogen and oxygen atoms in total. The highest BCUT2D eigenvalue weighted by Gasteiger charge is 2.59. The topological polar surface area (TPSA) is 693 Å². The van der Waals surface area contributed by atoms with Gasteiger partial charge in [-0.2, -0.15) is 0 Å². The first-order chi connectivity index (χ1) is 46.2. The van der Waals surface area contributed by atoms with Crippen LogP contribution in [-0.4, -0.2) is 433 Å². The van der Waals surface area contributed by atoms with E-state index in [4.69, 9.17) is 76.6 Å². The maximum absolute atomic E-state index is 12.3. The van der Waals surface area contributed by atoms with Crippen LogP contribution in [0.5, 0.6) is 0 Å². The second-order valence-electron chi connectivity index (χ2n) is 24.8. The van der Waals surface area contributed by atoms with E-state index in [1.807, 2.05) is 0 Å². The lowest BCUT2D eigenvalue weighted by Gasteiger charge is -2.50. The summed E-state index contributed by atoms with van der Waals surface area (Å²) in [6.07, 6.45) is -77.8. The maximum atomic E-state index is 12.3. The van der Waals surface area contributed by atoms with Crippen molar-refractivity contribution in [2.75, 3.05) is 59.4 Å². The van der Waals surface area contributed by atoms with Crippen molar-refractivity contribution in [1.82, 2.24) is 0 Å². The Kier molecular flexibility index (Phi) is 30.2. The molecule has 0 saturated carbocycles. The molecule has 40 atom stereocenters. The zero-order valence-electron chi connectivity index (χ0n) is 51.6. The van der Waals surface area contributed by atoms with Crippen molar-refractivity contribution >= 4 is 0 Å². The lowest BCUT2D eigenvalue weighted by molar-refractivity contribution is -0.401. The van der Waals surface area contributed by atoms with Gasteiger partial charge in [0.25, 0.3) is 0 Å². The van der Waals surface area contributed by atoms with E-state index in [1.165, 1.54) is 0 Å². The van der Waals surface area contributed by atoms with Crippen LogP contribution in [0.2, 0.25) is 0 Å². The first kappa shape index (κ1) is 80.4. The summed E-state index contributed by atoms with van der Waals surface area (Å²) in [6.45, 7) is -7.70. The third kappa shape index (κ3) is 18.1. The van der Waals surface area contributed by atoms with Gasteiger partial charge in [0, 0.05) is 11.5 Å². The summed E-state index contributed by atoms with van der Waals surface area (Å²) in [7, 11) is 0. The Morgan fingerprint density at radius 3 is 0.948 bits per heavy atom. The number of hydrogen-bond acceptors (Lipinski definition) is 41. The van der Waals surface area contributed by atoms with Crippen LogP contribution in [0.15, 0.2) is 5.11 Å². The lowest BCUT2D eigenvalue weighted by Crippen LogP contribution is -2.68. The maximum Gasteiger partial charge on any atom is 0.187 e. The minimum Gasteiger partial charge on any atom is -0.394 e. The zero-order chi connectivity index (χ0) is 71.0. The van der Waals surface area contributed by atoms with Gasteiger partial charge in [0.15, 0.2) is 44.0 Å². The van der Waals surface area contributed by atoms with Gasteiger partial charge in [-0.1, -0.05) is 24.4 Å². The van der Waals surface area contributed by atoms with Crippen LogP contribution >= 0.6 is 0 Å². The molecule has 564 valence electrons. The van der Waals surface area contributed by atoms with Crippen LogP contribution < -0.4 is 0 Å². The number of hydrogen-bond donors (Lipinski definition) is 25. The summed E-state index contributed by atoms with van der Waals surface area (Å²) in [5.41, 5.74) is 8.75. The van der Waals surface area contributed by atoms with Crippen LogP contribution in [0.4, 0.5) is 0 Å². The molecule has 0 amide bonds. The van der Waals surface area contributed by atoms with Gasteiger partial charge in [-0.15, -0.1) is 0 Å². The van der Waals surface area contributed by atoms with E-state index in [2.05, 4.69) is 10.0 Å². The van der Waals surface area contributed by atoms with Gasteiger partial charge in [0.2, 0.25) is 0 Å². The highest BCUT2D eigenvalue weighted by Crippen LogP contribution is 2.39. The third-order valence-corrected chi connectivity index (χ3v) is 18.3. The molecule has 8 heterocycles. The first-order valence-corrected chi connectivity index (χ1v) is 31.5. The standard InChI is InChI=1S/C54H93N3O40/c55-57-56-6-4-2-1-3-5-15-30(70)43(94-53-47(38(78)29(69)20(11-62)90-53)97-54-46(37(77)28(68)21(12-63)91-54)96-51-41(81)35(75)26(66)18(9-60)88-51)31(71)22(85-15)13-83-48-42(82)44(93-49-39(79)33(73)24(64)16(7-58)86-49)32(72)23(92-48)14-84-52-45(36(76)27(67)19(10-61)89-52)95-50-40(80)34(74)25(65)17(8-59)87-50/h15-54,58-82H,1-14H2. The molecule has 8 aliphatic rings. The molecule has 43 heteroatoms. The fourth-order valence-electron chi connectivity index (χ4n) is 12.5. The molecular weight excluding hydrogens is 1330 g/mol. The summed E-state index contributed by atoms with van der Waals surface area (Å²) >= 11 is 0. The smallest absolute Gasteiger partial charge is 0.187 e. The first-order valence-electron chi connectivity index (χ1n) is 31.5. The van der Waals surface area contributed by atoms with Gasteiger partial charge in [-0.3, -0.25) is 0 Å². The third-order valence-electron chi connectivity index (χ3n) is 18.3. The summed E-state index contributed by atoms with van der Waals surface area (Å²) < 4.78 is 87.5. The predicted molar refractivity (Wildman–Crippen MR) is 299 cm³/mol. The molecule has 8 fully saturated rings. The van der Waals surface area contributed by atoms with E-state index in [-0.39, 0.29) is 19.4 Å². The second-order valence-corrected chi connectivity index (χ2v) is 24.8. The number of aliphatic hydroxyl groups is 25. The Morgan fingerprint density at radius 2 is 0.546 bits per heavy atom. The van der Waals surface area contributed by atoms with Gasteiger partial charge >= 0.3 is 0 Å². The molecule has 0 aromatic carbocycles. The summed E-state index contributed by atoms with van der Waals surface area (Å²) in [5.74, 6) is 0. The van der Waals surface area contributed by atoms with Crippen molar-refractivity contribution in [3.05, 3.63) is 10.4 Å². The fourth-order valence-corrected chi connectivity index (χ4v) is 12.5. The molecule has 0 aromatic heterocycles. The molecule has 40 unspecified atom stereocenters. The fraction of sp³-hybridized carbons (Fsp3) is 1.00. The molecule has 8 rings (SSSR count). The van der Waals surface area contributed by atoms with E-state index in [9.17, 15) is 128 Å². The number of unbranched alkanes of at least 4 members (excludes halogenated alkanes) is 3. The summed E-state index contributed by atoms with van der Waals surface area (Å²) in [5, 5.41) is 275. The molecule has 25 N–H and O–H groups in total. The van der Waals surface area contributed by atoms with Gasteiger partial charge in [0.05, 0.1) is 59.0 Å². The highest BCUT2D eigenvalue weighted by molar-refractivity contribution is 5.01. The van der Waals surface area contributed by atoms with Gasteiger partial charge in [0.1, 0.15) is 195 Å². The second kappa shape index (κ2) is 36.4. The van der Waals surface area contributed by atoms with Crippen LogP contribution in [-0.2, 0) is 71.1 Å². The Bertz CT molecular complexity index is 2390. The molecule has 0 radical (unpaired) electrons. The molecule has 0 aromatic rings. The average molecular weight is 1420 g/mol. The van der Waals surface area contributed by atoms with Crippen molar-refractivity contribution < 1.29 is 199 Å². The van der Waals surface area contributed by atoms with E-state index >= 15 is 0 Å². The van der Waals surface area contributed by atoms with Gasteiger partial charge in [-0.05, 0) is 18.4 Å². The van der Waals surface area contributed by atoms with Crippen molar-refractivity contribution in [1.29, 1.82) is 0 Å². The minimum absolute atomic E-state index is 0.0656. The Labute approximate surface area is 550 Å². The lowest BCUT2D eigenvalue weighted by atomic mass is 9.91. The molecule has 0 aliphatic carbocycles. The van der Waals surface area contributed by atoms with E-state index < -0.39 is 298 Å². The molecular formula is C54H93N3O40. The van der Waals surface area contributed by atoms with Crippen molar-refractivity contribution in [2.24, 2.45) is 5.11 Å². The largest absolute Gasteiger partial charge is 0.394 e. The number of ether oxygens (including phenoxy) is 15. The van der Waals surface area contributed by atoms with Crippen molar-refractivity contribution in [3.63, 3.8) is 0 Å². The van der Waals surface area contributed by atoms with Crippen LogP contribution in [0.25, 0.3) is 10.4 Å². The molecule has 0 spiro atoms. The monoisotopic (exact) mass is 1420 g/mol. The molecule has 0 bridgehead atoms. The summed E-state index contributed by atoms with van der Waals surface area (Å²) in [6, 6.07) is 0. The normalized spacial score (nSPS) is 50.0. The average Bonchev–Trinajstić information content (AvgIpc) is 0.791. The molecule has 8 aliphatic heterocycles. The number of azide groups is 1.